The van der Waals surface area contributed by atoms with Gasteiger partial charge in [0.15, 0.2) is 14.9 Å². The van der Waals surface area contributed by atoms with Crippen molar-refractivity contribution in [2.24, 2.45) is 0 Å². The molecule has 1 aromatic rings. The van der Waals surface area contributed by atoms with Gasteiger partial charge in [-0.15, -0.1) is 0 Å². The fourth-order valence-electron chi connectivity index (χ4n) is 0.798. The van der Waals surface area contributed by atoms with Crippen molar-refractivity contribution in [1.29, 1.82) is 0 Å². The van der Waals surface area contributed by atoms with Crippen molar-refractivity contribution in [2.75, 3.05) is 12.4 Å². The summed E-state index contributed by atoms with van der Waals surface area (Å²) in [7, 11) is -3.66. The van der Waals surface area contributed by atoms with Gasteiger partial charge in [-0.05, 0) is 12.1 Å². The molecule has 1 aromatic heterocycles. The molecule has 0 radical (unpaired) electrons. The Kier molecular flexibility index (Phi) is 3.22. The van der Waals surface area contributed by atoms with E-state index in [1.807, 2.05) is 0 Å². The largest absolute Gasteiger partial charge is 0.250 e. The maximum atomic E-state index is 11.9. The summed E-state index contributed by atoms with van der Waals surface area (Å²) in [6.07, 6.45) is 1.30. The third-order valence-electron chi connectivity index (χ3n) is 1.37. The van der Waals surface area contributed by atoms with Crippen LogP contribution in [0.3, 0.4) is 0 Å². The lowest BCUT2D eigenvalue weighted by Gasteiger charge is -2.01. The molecule has 0 aliphatic heterocycles. The third kappa shape index (κ3) is 2.38. The van der Waals surface area contributed by atoms with E-state index in [1.165, 1.54) is 18.3 Å². The Balaban J connectivity index is 3.15. The van der Waals surface area contributed by atoms with Crippen molar-refractivity contribution in [1.82, 2.24) is 4.98 Å². The van der Waals surface area contributed by atoms with Gasteiger partial charge in [-0.2, -0.15) is 0 Å². The Morgan fingerprint density at radius 1 is 1.54 bits per heavy atom. The molecule has 0 saturated carbocycles. The second-order valence-electron chi connectivity index (χ2n) is 2.30. The summed E-state index contributed by atoms with van der Waals surface area (Å²) in [4.78, 5) is 3.58. The fourth-order valence-corrected chi connectivity index (χ4v) is 2.26. The number of sulfone groups is 1. The second-order valence-corrected chi connectivity index (χ2v) is 4.73. The monoisotopic (exact) mass is 223 g/mol. The van der Waals surface area contributed by atoms with Crippen molar-refractivity contribution < 1.29 is 12.8 Å². The number of aromatic nitrogens is 1. The molecule has 0 fully saturated rings. The van der Waals surface area contributed by atoms with Gasteiger partial charge in [0.2, 0.25) is 0 Å². The first-order valence-electron chi connectivity index (χ1n) is 3.47. The SMILES string of the molecule is O=S(=O)(CCF)c1ncccc1Cl. The zero-order valence-electron chi connectivity index (χ0n) is 6.57. The number of hydrogen-bond acceptors (Lipinski definition) is 3. The van der Waals surface area contributed by atoms with Gasteiger partial charge >= 0.3 is 0 Å². The van der Waals surface area contributed by atoms with Crippen LogP contribution < -0.4 is 0 Å². The number of halogens is 2. The average Bonchev–Trinajstić information content (AvgIpc) is 2.04. The highest BCUT2D eigenvalue weighted by molar-refractivity contribution is 7.91. The lowest BCUT2D eigenvalue weighted by atomic mass is 10.5. The van der Waals surface area contributed by atoms with Crippen LogP contribution in [0.5, 0.6) is 0 Å². The summed E-state index contributed by atoms with van der Waals surface area (Å²) in [5.41, 5.74) is 0. The molecule has 72 valence electrons. The zero-order valence-corrected chi connectivity index (χ0v) is 8.15. The quantitative estimate of drug-likeness (QED) is 0.780. The Labute approximate surface area is 80.5 Å². The summed E-state index contributed by atoms with van der Waals surface area (Å²) in [5.74, 6) is -0.580. The molecule has 1 heterocycles. The van der Waals surface area contributed by atoms with E-state index in [0.29, 0.717) is 0 Å². The van der Waals surface area contributed by atoms with Gasteiger partial charge in [-0.3, -0.25) is 0 Å². The molecule has 13 heavy (non-hydrogen) atoms. The Morgan fingerprint density at radius 2 is 2.23 bits per heavy atom. The molecule has 0 aromatic carbocycles. The standard InChI is InChI=1S/C7H7ClFNO2S/c8-6-2-1-4-10-7(6)13(11,12)5-3-9/h1-2,4H,3,5H2. The zero-order chi connectivity index (χ0) is 9.90. The van der Waals surface area contributed by atoms with Crippen LogP contribution in [-0.2, 0) is 9.84 Å². The molecule has 1 rings (SSSR count). The van der Waals surface area contributed by atoms with Crippen LogP contribution in [0.15, 0.2) is 23.4 Å². The van der Waals surface area contributed by atoms with E-state index < -0.39 is 22.3 Å². The first kappa shape index (κ1) is 10.4. The molecule has 0 aliphatic rings. The number of rotatable bonds is 3. The molecule has 0 saturated heterocycles. The van der Waals surface area contributed by atoms with E-state index in [1.54, 1.807) is 0 Å². The Bertz CT molecular complexity index is 393. The highest BCUT2D eigenvalue weighted by atomic mass is 35.5. The topological polar surface area (TPSA) is 47.0 Å². The highest BCUT2D eigenvalue weighted by Crippen LogP contribution is 2.18. The minimum atomic E-state index is -3.66. The maximum absolute atomic E-state index is 11.9. The maximum Gasteiger partial charge on any atom is 0.199 e. The van der Waals surface area contributed by atoms with Crippen molar-refractivity contribution >= 4 is 21.4 Å². The summed E-state index contributed by atoms with van der Waals surface area (Å²) in [6, 6.07) is 2.91. The van der Waals surface area contributed by atoms with Crippen LogP contribution in [-0.4, -0.2) is 25.8 Å². The summed E-state index contributed by atoms with van der Waals surface area (Å²) < 4.78 is 34.4. The lowest BCUT2D eigenvalue weighted by Crippen LogP contribution is -2.10. The molecule has 3 nitrogen and oxygen atoms in total. The van der Waals surface area contributed by atoms with Gasteiger partial charge in [0, 0.05) is 6.20 Å². The van der Waals surface area contributed by atoms with E-state index in [0.717, 1.165) is 0 Å². The van der Waals surface area contributed by atoms with Crippen molar-refractivity contribution in [3.8, 4) is 0 Å². The molecule has 0 unspecified atom stereocenters. The number of pyridine rings is 1. The molecule has 0 amide bonds. The molecule has 0 aliphatic carbocycles. The molecular formula is C7H7ClFNO2S. The van der Waals surface area contributed by atoms with Crippen LogP contribution in [0.2, 0.25) is 5.02 Å². The third-order valence-corrected chi connectivity index (χ3v) is 3.39. The van der Waals surface area contributed by atoms with Crippen LogP contribution in [0.4, 0.5) is 4.39 Å². The molecule has 0 spiro atoms. The molecular weight excluding hydrogens is 217 g/mol. The Morgan fingerprint density at radius 3 is 2.77 bits per heavy atom. The first-order valence-corrected chi connectivity index (χ1v) is 5.50. The Hall–Kier alpha value is -0.680. The van der Waals surface area contributed by atoms with Crippen LogP contribution in [0.25, 0.3) is 0 Å². The number of alkyl halides is 1. The lowest BCUT2D eigenvalue weighted by molar-refractivity contribution is 0.516. The van der Waals surface area contributed by atoms with E-state index in [4.69, 9.17) is 11.6 Å². The highest BCUT2D eigenvalue weighted by Gasteiger charge is 2.18. The van der Waals surface area contributed by atoms with E-state index in [2.05, 4.69) is 4.98 Å². The van der Waals surface area contributed by atoms with E-state index >= 15 is 0 Å². The van der Waals surface area contributed by atoms with Gasteiger partial charge in [0.25, 0.3) is 0 Å². The summed E-state index contributed by atoms with van der Waals surface area (Å²) in [6.45, 7) is -0.935. The van der Waals surface area contributed by atoms with Gasteiger partial charge in [0.05, 0.1) is 10.8 Å². The van der Waals surface area contributed by atoms with Crippen molar-refractivity contribution in [2.45, 2.75) is 5.03 Å². The summed E-state index contributed by atoms with van der Waals surface area (Å²) >= 11 is 5.58. The summed E-state index contributed by atoms with van der Waals surface area (Å²) in [5, 5.41) is -0.231. The van der Waals surface area contributed by atoms with Crippen molar-refractivity contribution in [3.63, 3.8) is 0 Å². The minimum absolute atomic E-state index is 0.0240. The minimum Gasteiger partial charge on any atom is -0.250 e. The number of nitrogens with zero attached hydrogens (tertiary/aromatic N) is 1. The molecule has 0 N–H and O–H groups in total. The van der Waals surface area contributed by atoms with E-state index in [9.17, 15) is 12.8 Å². The van der Waals surface area contributed by atoms with Crippen LogP contribution >= 0.6 is 11.6 Å². The second kappa shape index (κ2) is 4.02. The molecule has 0 atom stereocenters. The predicted molar refractivity (Wildman–Crippen MR) is 47.3 cm³/mol. The van der Waals surface area contributed by atoms with Crippen LogP contribution in [0.1, 0.15) is 0 Å². The predicted octanol–water partition coefficient (Wildman–Crippen LogP) is 1.48. The molecule has 0 bridgehead atoms. The first-order chi connectivity index (χ1) is 6.08. The normalized spacial score (nSPS) is 11.5. The van der Waals surface area contributed by atoms with Gasteiger partial charge in [-0.25, -0.2) is 17.8 Å². The van der Waals surface area contributed by atoms with Gasteiger partial charge in [-0.1, -0.05) is 11.6 Å². The molecule has 6 heteroatoms. The van der Waals surface area contributed by atoms with Crippen LogP contribution in [0, 0.1) is 0 Å². The van der Waals surface area contributed by atoms with Gasteiger partial charge in [0.1, 0.15) is 6.67 Å². The van der Waals surface area contributed by atoms with Crippen molar-refractivity contribution in [3.05, 3.63) is 23.4 Å². The van der Waals surface area contributed by atoms with Gasteiger partial charge < -0.3 is 0 Å². The smallest absolute Gasteiger partial charge is 0.199 e. The average molecular weight is 224 g/mol. The fraction of sp³-hybridized carbons (Fsp3) is 0.286. The van der Waals surface area contributed by atoms with E-state index in [-0.39, 0.29) is 10.0 Å². The number of hydrogen-bond donors (Lipinski definition) is 0.